The van der Waals surface area contributed by atoms with Gasteiger partial charge in [0.25, 0.3) is 10.1 Å². The summed E-state index contributed by atoms with van der Waals surface area (Å²) >= 11 is 1.47. The van der Waals surface area contributed by atoms with Gasteiger partial charge in [-0.2, -0.15) is 20.2 Å². The van der Waals surface area contributed by atoms with Crippen LogP contribution in [0.3, 0.4) is 0 Å². The van der Waals surface area contributed by atoms with Gasteiger partial charge in [0.2, 0.25) is 6.79 Å². The quantitative estimate of drug-likeness (QED) is 0.837. The summed E-state index contributed by atoms with van der Waals surface area (Å²) in [7, 11) is -3.88. The second-order valence-electron chi connectivity index (χ2n) is 3.91. The fraction of sp³-hybridized carbons (Fsp3) is 0.455. The van der Waals surface area contributed by atoms with Crippen molar-refractivity contribution >= 4 is 21.9 Å². The molecule has 1 aromatic carbocycles. The summed E-state index contributed by atoms with van der Waals surface area (Å²) in [4.78, 5) is 0. The van der Waals surface area contributed by atoms with Crippen molar-refractivity contribution in [3.05, 3.63) is 23.8 Å². The van der Waals surface area contributed by atoms with Crippen molar-refractivity contribution in [2.45, 2.75) is 12.2 Å². The highest BCUT2D eigenvalue weighted by atomic mass is 32.2. The Morgan fingerprint density at radius 2 is 2.11 bits per heavy atom. The predicted molar refractivity (Wildman–Crippen MR) is 69.9 cm³/mol. The molecule has 0 radical (unpaired) electrons. The molecule has 18 heavy (non-hydrogen) atoms. The lowest BCUT2D eigenvalue weighted by molar-refractivity contribution is 0.174. The van der Waals surface area contributed by atoms with E-state index in [1.165, 1.54) is 11.8 Å². The molecule has 0 saturated carbocycles. The first-order valence-corrected chi connectivity index (χ1v) is 8.08. The Hall–Kier alpha value is -0.920. The van der Waals surface area contributed by atoms with Crippen LogP contribution >= 0.6 is 11.8 Å². The number of rotatable bonds is 5. The topological polar surface area (TPSA) is 72.8 Å². The van der Waals surface area contributed by atoms with Crippen molar-refractivity contribution in [1.82, 2.24) is 0 Å². The van der Waals surface area contributed by atoms with Crippen LogP contribution in [-0.2, 0) is 10.1 Å². The van der Waals surface area contributed by atoms with Crippen molar-refractivity contribution in [2.75, 3.05) is 18.3 Å². The lowest BCUT2D eigenvalue weighted by Crippen LogP contribution is -2.06. The van der Waals surface area contributed by atoms with Gasteiger partial charge in [-0.15, -0.1) is 0 Å². The van der Waals surface area contributed by atoms with E-state index >= 15 is 0 Å². The van der Waals surface area contributed by atoms with Crippen LogP contribution in [0.2, 0.25) is 0 Å². The van der Waals surface area contributed by atoms with Crippen LogP contribution in [0.4, 0.5) is 0 Å². The van der Waals surface area contributed by atoms with Crippen LogP contribution in [0.1, 0.15) is 17.7 Å². The van der Waals surface area contributed by atoms with E-state index in [0.29, 0.717) is 5.75 Å². The summed E-state index contributed by atoms with van der Waals surface area (Å²) in [6.45, 7) is 2.22. The zero-order chi connectivity index (χ0) is 13.2. The molecule has 0 bridgehead atoms. The minimum absolute atomic E-state index is 0.126. The van der Waals surface area contributed by atoms with Crippen LogP contribution in [0, 0.1) is 0 Å². The molecule has 5 nitrogen and oxygen atoms in total. The highest BCUT2D eigenvalue weighted by Crippen LogP contribution is 2.37. The van der Waals surface area contributed by atoms with Crippen LogP contribution in [0.15, 0.2) is 18.2 Å². The smallest absolute Gasteiger partial charge is 0.265 e. The molecule has 1 atom stereocenters. The molecule has 0 saturated heterocycles. The van der Waals surface area contributed by atoms with E-state index in [0.717, 1.165) is 17.1 Å². The summed E-state index contributed by atoms with van der Waals surface area (Å²) in [5, 5.41) is 0.126. The molecule has 1 aliphatic heterocycles. The van der Waals surface area contributed by atoms with Gasteiger partial charge in [0, 0.05) is 11.0 Å². The Bertz CT molecular complexity index is 526. The molecule has 0 fully saturated rings. The summed E-state index contributed by atoms with van der Waals surface area (Å²) in [6.07, 6.45) is 0. The Morgan fingerprint density at radius 1 is 1.39 bits per heavy atom. The maximum atomic E-state index is 10.6. The lowest BCUT2D eigenvalue weighted by Gasteiger charge is -2.11. The summed E-state index contributed by atoms with van der Waals surface area (Å²) in [6, 6.07) is 5.67. The Labute approximate surface area is 110 Å². The molecule has 2 rings (SSSR count). The maximum absolute atomic E-state index is 10.6. The number of benzene rings is 1. The molecule has 0 amide bonds. The zero-order valence-corrected chi connectivity index (χ0v) is 11.5. The molecule has 1 aromatic rings. The van der Waals surface area contributed by atoms with Gasteiger partial charge in [0.1, 0.15) is 0 Å². The van der Waals surface area contributed by atoms with Gasteiger partial charge < -0.3 is 9.47 Å². The van der Waals surface area contributed by atoms with Crippen molar-refractivity contribution < 1.29 is 22.4 Å². The second kappa shape index (κ2) is 5.38. The zero-order valence-electron chi connectivity index (χ0n) is 9.83. The van der Waals surface area contributed by atoms with E-state index in [1.807, 2.05) is 25.1 Å². The maximum Gasteiger partial charge on any atom is 0.265 e. The molecule has 0 aromatic heterocycles. The van der Waals surface area contributed by atoms with E-state index in [4.69, 9.17) is 14.0 Å². The standard InChI is InChI=1S/C11H14O5S2/c1-8(17-4-5-18(12,13)14)9-2-3-10-11(6-9)16-7-15-10/h2-3,6,8H,4-5,7H2,1H3,(H,12,13,14). The first-order chi connectivity index (χ1) is 8.46. The summed E-state index contributed by atoms with van der Waals surface area (Å²) in [5.74, 6) is 1.57. The minimum atomic E-state index is -3.88. The van der Waals surface area contributed by atoms with Gasteiger partial charge >= 0.3 is 0 Å². The van der Waals surface area contributed by atoms with Gasteiger partial charge in [-0.25, -0.2) is 0 Å². The fourth-order valence-corrected chi connectivity index (χ4v) is 3.51. The Balaban J connectivity index is 1.95. The first kappa shape index (κ1) is 13.5. The van der Waals surface area contributed by atoms with E-state index in [1.54, 1.807) is 0 Å². The van der Waals surface area contributed by atoms with Crippen molar-refractivity contribution in [2.24, 2.45) is 0 Å². The number of thioether (sulfide) groups is 1. The molecule has 1 aliphatic rings. The molecule has 1 heterocycles. The van der Waals surface area contributed by atoms with Crippen molar-refractivity contribution in [3.63, 3.8) is 0 Å². The predicted octanol–water partition coefficient (Wildman–Crippen LogP) is 2.10. The number of hydrogen-bond donors (Lipinski definition) is 1. The summed E-state index contributed by atoms with van der Waals surface area (Å²) in [5.41, 5.74) is 1.04. The number of fused-ring (bicyclic) bond motifs is 1. The second-order valence-corrected chi connectivity index (χ2v) is 6.93. The molecule has 0 spiro atoms. The van der Waals surface area contributed by atoms with Gasteiger partial charge in [0.05, 0.1) is 5.75 Å². The van der Waals surface area contributed by atoms with Crippen LogP contribution in [0.5, 0.6) is 11.5 Å². The normalized spacial score (nSPS) is 15.7. The van der Waals surface area contributed by atoms with E-state index < -0.39 is 10.1 Å². The monoisotopic (exact) mass is 290 g/mol. The summed E-state index contributed by atoms with van der Waals surface area (Å²) < 4.78 is 40.4. The van der Waals surface area contributed by atoms with Crippen LogP contribution in [0.25, 0.3) is 0 Å². The average molecular weight is 290 g/mol. The first-order valence-electron chi connectivity index (χ1n) is 5.42. The highest BCUT2D eigenvalue weighted by molar-refractivity contribution is 8.00. The molecule has 100 valence electrons. The third kappa shape index (κ3) is 3.54. The SMILES string of the molecule is CC(SCCS(=O)(=O)O)c1ccc2c(c1)OCO2. The molecule has 1 unspecified atom stereocenters. The largest absolute Gasteiger partial charge is 0.454 e. The third-order valence-corrected chi connectivity index (χ3v) is 4.77. The number of ether oxygens (including phenoxy) is 2. The molecule has 0 aliphatic carbocycles. The van der Waals surface area contributed by atoms with E-state index in [2.05, 4.69) is 0 Å². The average Bonchev–Trinajstić information content (AvgIpc) is 2.73. The minimum Gasteiger partial charge on any atom is -0.454 e. The van der Waals surface area contributed by atoms with E-state index in [9.17, 15) is 8.42 Å². The molecule has 1 N–H and O–H groups in total. The van der Waals surface area contributed by atoms with Gasteiger partial charge in [-0.05, 0) is 24.6 Å². The molecule has 7 heteroatoms. The lowest BCUT2D eigenvalue weighted by atomic mass is 10.1. The van der Waals surface area contributed by atoms with Gasteiger partial charge in [0.15, 0.2) is 11.5 Å². The Kier molecular flexibility index (Phi) is 4.04. The van der Waals surface area contributed by atoms with E-state index in [-0.39, 0.29) is 17.8 Å². The van der Waals surface area contributed by atoms with Crippen molar-refractivity contribution in [1.29, 1.82) is 0 Å². The van der Waals surface area contributed by atoms with Crippen LogP contribution in [-0.4, -0.2) is 31.3 Å². The number of hydrogen-bond acceptors (Lipinski definition) is 5. The van der Waals surface area contributed by atoms with Crippen LogP contribution < -0.4 is 9.47 Å². The van der Waals surface area contributed by atoms with Gasteiger partial charge in [-0.3, -0.25) is 4.55 Å². The van der Waals surface area contributed by atoms with Gasteiger partial charge in [-0.1, -0.05) is 6.07 Å². The highest BCUT2D eigenvalue weighted by Gasteiger charge is 2.16. The molecular formula is C11H14O5S2. The molecular weight excluding hydrogens is 276 g/mol. The van der Waals surface area contributed by atoms with Crippen molar-refractivity contribution in [3.8, 4) is 11.5 Å². The Morgan fingerprint density at radius 3 is 2.83 bits per heavy atom. The fourth-order valence-electron chi connectivity index (χ4n) is 1.59. The third-order valence-electron chi connectivity index (χ3n) is 2.58.